The summed E-state index contributed by atoms with van der Waals surface area (Å²) in [5, 5.41) is 2.48. The Kier molecular flexibility index (Phi) is 5.70. The number of sulfone groups is 1. The smallest absolute Gasteiger partial charge is 0.270 e. The van der Waals surface area contributed by atoms with Gasteiger partial charge in [-0.1, -0.05) is 29.8 Å². The van der Waals surface area contributed by atoms with Crippen molar-refractivity contribution in [1.82, 2.24) is 14.8 Å². The van der Waals surface area contributed by atoms with E-state index < -0.39 is 21.3 Å². The summed E-state index contributed by atoms with van der Waals surface area (Å²) < 4.78 is 25.5. The number of benzene rings is 1. The van der Waals surface area contributed by atoms with Crippen LogP contribution in [0.1, 0.15) is 44.8 Å². The number of pyridine rings is 1. The lowest BCUT2D eigenvalue weighted by Gasteiger charge is -2.29. The summed E-state index contributed by atoms with van der Waals surface area (Å²) in [6.45, 7) is 2.85. The van der Waals surface area contributed by atoms with Gasteiger partial charge < -0.3 is 14.8 Å². The van der Waals surface area contributed by atoms with Crippen molar-refractivity contribution in [2.45, 2.75) is 38.1 Å². The van der Waals surface area contributed by atoms with Crippen LogP contribution in [-0.4, -0.2) is 53.8 Å². The van der Waals surface area contributed by atoms with Crippen molar-refractivity contribution >= 4 is 21.7 Å². The Hall–Kier alpha value is -2.94. The first kappa shape index (κ1) is 21.3. The van der Waals surface area contributed by atoms with Crippen LogP contribution in [0, 0.1) is 6.92 Å². The fourth-order valence-corrected chi connectivity index (χ4v) is 5.33. The maximum absolute atomic E-state index is 12.8. The van der Waals surface area contributed by atoms with Gasteiger partial charge in [-0.05, 0) is 37.5 Å². The predicted molar refractivity (Wildman–Crippen MR) is 116 cm³/mol. The van der Waals surface area contributed by atoms with Gasteiger partial charge >= 0.3 is 0 Å². The summed E-state index contributed by atoms with van der Waals surface area (Å²) >= 11 is 0. The van der Waals surface area contributed by atoms with Crippen molar-refractivity contribution < 1.29 is 18.0 Å². The van der Waals surface area contributed by atoms with Gasteiger partial charge in [0.2, 0.25) is 0 Å². The van der Waals surface area contributed by atoms with Crippen LogP contribution < -0.4 is 10.9 Å². The van der Waals surface area contributed by atoms with Gasteiger partial charge in [0.1, 0.15) is 11.3 Å². The molecular weight excluding hydrogens is 418 g/mol. The van der Waals surface area contributed by atoms with Crippen molar-refractivity contribution in [2.75, 3.05) is 18.8 Å². The van der Waals surface area contributed by atoms with Crippen molar-refractivity contribution in [3.63, 3.8) is 0 Å². The van der Waals surface area contributed by atoms with Gasteiger partial charge in [0, 0.05) is 26.2 Å². The van der Waals surface area contributed by atoms with E-state index in [1.54, 1.807) is 0 Å². The molecular formula is C22H25N3O5S. The predicted octanol–water partition coefficient (Wildman–Crippen LogP) is 1.12. The molecule has 0 unspecified atom stereocenters. The molecule has 164 valence electrons. The van der Waals surface area contributed by atoms with E-state index in [1.807, 2.05) is 31.2 Å². The van der Waals surface area contributed by atoms with Crippen LogP contribution in [0.5, 0.6) is 0 Å². The standard InChI is InChI=1S/C22H25N3O5S/c1-15-2-4-16(5-3-15)14-23-20(26)18-8-9-19-22(28)24(10-11-25(19)21(18)27)12-13-31(29,30)17-6-7-17/h2-5,8-9,17H,6-7,10-14H2,1H3,(H,23,26). The van der Waals surface area contributed by atoms with Crippen LogP contribution in [0.25, 0.3) is 0 Å². The Morgan fingerprint density at radius 3 is 2.45 bits per heavy atom. The van der Waals surface area contributed by atoms with Crippen LogP contribution >= 0.6 is 0 Å². The number of nitrogens with zero attached hydrogens (tertiary/aromatic N) is 2. The molecule has 0 saturated heterocycles. The molecule has 0 radical (unpaired) electrons. The molecule has 31 heavy (non-hydrogen) atoms. The zero-order valence-corrected chi connectivity index (χ0v) is 18.2. The second kappa shape index (κ2) is 8.30. The van der Waals surface area contributed by atoms with Crippen molar-refractivity contribution in [3.8, 4) is 0 Å². The zero-order chi connectivity index (χ0) is 22.2. The Balaban J connectivity index is 1.44. The first-order chi connectivity index (χ1) is 14.8. The molecule has 0 bridgehead atoms. The normalized spacial score (nSPS) is 16.2. The largest absolute Gasteiger partial charge is 0.348 e. The minimum absolute atomic E-state index is 0.0200. The van der Waals surface area contributed by atoms with Crippen LogP contribution in [0.15, 0.2) is 41.2 Å². The van der Waals surface area contributed by atoms with Gasteiger partial charge in [0.25, 0.3) is 17.4 Å². The molecule has 1 aromatic carbocycles. The fraction of sp³-hybridized carbons (Fsp3) is 0.409. The molecule has 1 aliphatic heterocycles. The monoisotopic (exact) mass is 443 g/mol. The van der Waals surface area contributed by atoms with Gasteiger partial charge in [-0.15, -0.1) is 0 Å². The first-order valence-electron chi connectivity index (χ1n) is 10.3. The van der Waals surface area contributed by atoms with Crippen LogP contribution in [-0.2, 0) is 22.9 Å². The molecule has 1 saturated carbocycles. The molecule has 2 aromatic rings. The Labute approximate surface area is 180 Å². The molecule has 2 heterocycles. The molecule has 2 amide bonds. The third kappa shape index (κ3) is 4.56. The lowest BCUT2D eigenvalue weighted by Crippen LogP contribution is -2.47. The number of amides is 2. The number of nitrogens with one attached hydrogen (secondary N) is 1. The molecule has 0 spiro atoms. The fourth-order valence-electron chi connectivity index (χ4n) is 3.67. The highest BCUT2D eigenvalue weighted by Crippen LogP contribution is 2.29. The molecule has 4 rings (SSSR count). The maximum Gasteiger partial charge on any atom is 0.270 e. The average molecular weight is 444 g/mol. The van der Waals surface area contributed by atoms with E-state index in [0.29, 0.717) is 19.4 Å². The lowest BCUT2D eigenvalue weighted by atomic mass is 10.1. The van der Waals surface area contributed by atoms with Gasteiger partial charge in [-0.3, -0.25) is 14.4 Å². The van der Waals surface area contributed by atoms with E-state index in [-0.39, 0.29) is 47.8 Å². The highest BCUT2D eigenvalue weighted by atomic mass is 32.2. The van der Waals surface area contributed by atoms with Gasteiger partial charge in [0.15, 0.2) is 9.84 Å². The van der Waals surface area contributed by atoms with Crippen molar-refractivity contribution in [2.24, 2.45) is 0 Å². The topological polar surface area (TPSA) is 106 Å². The lowest BCUT2D eigenvalue weighted by molar-refractivity contribution is 0.0710. The molecule has 1 N–H and O–H groups in total. The number of carbonyl (C=O) groups is 2. The van der Waals surface area contributed by atoms with E-state index in [0.717, 1.165) is 11.1 Å². The maximum atomic E-state index is 12.8. The minimum atomic E-state index is -3.16. The van der Waals surface area contributed by atoms with Crippen molar-refractivity contribution in [3.05, 3.63) is 69.1 Å². The Morgan fingerprint density at radius 2 is 1.77 bits per heavy atom. The van der Waals surface area contributed by atoms with E-state index in [2.05, 4.69) is 5.32 Å². The highest BCUT2D eigenvalue weighted by Gasteiger charge is 2.36. The second-order valence-electron chi connectivity index (χ2n) is 8.12. The van der Waals surface area contributed by atoms with E-state index >= 15 is 0 Å². The second-order valence-corrected chi connectivity index (χ2v) is 10.5. The summed E-state index contributed by atoms with van der Waals surface area (Å²) in [6.07, 6.45) is 1.40. The number of carbonyl (C=O) groups excluding carboxylic acids is 2. The number of hydrogen-bond acceptors (Lipinski definition) is 5. The van der Waals surface area contributed by atoms with E-state index in [9.17, 15) is 22.8 Å². The van der Waals surface area contributed by atoms with Crippen LogP contribution in [0.4, 0.5) is 0 Å². The third-order valence-corrected chi connectivity index (χ3v) is 8.01. The zero-order valence-electron chi connectivity index (χ0n) is 17.3. The number of aryl methyl sites for hydroxylation is 1. The average Bonchev–Trinajstić information content (AvgIpc) is 3.59. The molecule has 8 nitrogen and oxygen atoms in total. The number of aromatic nitrogens is 1. The van der Waals surface area contributed by atoms with Gasteiger partial charge in [-0.25, -0.2) is 8.42 Å². The summed E-state index contributed by atoms with van der Waals surface area (Å²) in [5.41, 5.74) is 1.68. The minimum Gasteiger partial charge on any atom is -0.348 e. The van der Waals surface area contributed by atoms with Gasteiger partial charge in [-0.2, -0.15) is 0 Å². The summed E-state index contributed by atoms with van der Waals surface area (Å²) in [6, 6.07) is 10.5. The number of hydrogen-bond donors (Lipinski definition) is 1. The summed E-state index contributed by atoms with van der Waals surface area (Å²) in [5.74, 6) is -0.945. The molecule has 0 atom stereocenters. The molecule has 2 aliphatic rings. The van der Waals surface area contributed by atoms with E-state index in [4.69, 9.17) is 0 Å². The first-order valence-corrected chi connectivity index (χ1v) is 12.1. The number of fused-ring (bicyclic) bond motifs is 1. The molecule has 9 heteroatoms. The molecule has 1 fully saturated rings. The summed E-state index contributed by atoms with van der Waals surface area (Å²) in [7, 11) is -3.16. The third-order valence-electron chi connectivity index (χ3n) is 5.77. The summed E-state index contributed by atoms with van der Waals surface area (Å²) in [4.78, 5) is 39.6. The Bertz CT molecular complexity index is 1180. The highest BCUT2D eigenvalue weighted by molar-refractivity contribution is 7.92. The molecule has 1 aromatic heterocycles. The van der Waals surface area contributed by atoms with Crippen LogP contribution in [0.3, 0.4) is 0 Å². The molecule has 1 aliphatic carbocycles. The van der Waals surface area contributed by atoms with E-state index in [1.165, 1.54) is 21.6 Å². The van der Waals surface area contributed by atoms with Crippen molar-refractivity contribution in [1.29, 1.82) is 0 Å². The SMILES string of the molecule is Cc1ccc(CNC(=O)c2ccc3n(c2=O)CCN(CCS(=O)(=O)C2CC2)C3=O)cc1. The number of rotatable bonds is 7. The quantitative estimate of drug-likeness (QED) is 0.690. The van der Waals surface area contributed by atoms with Crippen LogP contribution in [0.2, 0.25) is 0 Å². The van der Waals surface area contributed by atoms with Gasteiger partial charge in [0.05, 0.1) is 11.0 Å². The Morgan fingerprint density at radius 1 is 1.06 bits per heavy atom.